The molecule has 33 heavy (non-hydrogen) atoms. The number of likely N-dealkylation sites (tertiary alicyclic amines) is 1. The summed E-state index contributed by atoms with van der Waals surface area (Å²) in [5.41, 5.74) is 3.42. The second-order valence-electron chi connectivity index (χ2n) is 9.13. The van der Waals surface area contributed by atoms with Gasteiger partial charge in [0.25, 0.3) is 0 Å². The van der Waals surface area contributed by atoms with Crippen LogP contribution in [0.3, 0.4) is 0 Å². The van der Waals surface area contributed by atoms with Crippen LogP contribution in [0.4, 0.5) is 16.2 Å². The standard InChI is InChI=1S/C20H29N3O2.C4H4O4/c1-20-12-13-22(2)18(20)23(3)16-11-7-10-15(17(16)20)21-19(24)25-14-8-5-4-6-9-14;5-3(6)1-2-4(7)8/h7,10-11,14,18H,4-6,8-9,12-13H2,1-3H3,(H,21,24);1-2H,(H,5,6)(H,7,8)/b;2-1+/t18-,20+;/m0./s1. The molecule has 1 saturated heterocycles. The van der Waals surface area contributed by atoms with E-state index in [4.69, 9.17) is 14.9 Å². The molecule has 0 radical (unpaired) electrons. The topological polar surface area (TPSA) is 119 Å². The molecule has 1 aromatic carbocycles. The van der Waals surface area contributed by atoms with Crippen LogP contribution in [-0.4, -0.2) is 66.1 Å². The predicted octanol–water partition coefficient (Wildman–Crippen LogP) is 3.65. The number of rotatable bonds is 4. The van der Waals surface area contributed by atoms with E-state index in [1.807, 2.05) is 12.1 Å². The van der Waals surface area contributed by atoms with Crippen LogP contribution >= 0.6 is 0 Å². The van der Waals surface area contributed by atoms with Crippen LogP contribution < -0.4 is 10.2 Å². The van der Waals surface area contributed by atoms with E-state index in [9.17, 15) is 14.4 Å². The van der Waals surface area contributed by atoms with Gasteiger partial charge in [-0.2, -0.15) is 0 Å². The van der Waals surface area contributed by atoms with E-state index >= 15 is 0 Å². The summed E-state index contributed by atoms with van der Waals surface area (Å²) >= 11 is 0. The zero-order valence-electron chi connectivity index (χ0n) is 19.4. The number of aliphatic carboxylic acids is 2. The Bertz CT molecular complexity index is 911. The minimum atomic E-state index is -1.26. The lowest BCUT2D eigenvalue weighted by molar-refractivity contribution is -0.134. The van der Waals surface area contributed by atoms with Crippen molar-refractivity contribution in [1.29, 1.82) is 0 Å². The smallest absolute Gasteiger partial charge is 0.411 e. The number of carbonyl (C=O) groups is 3. The fourth-order valence-electron chi connectivity index (χ4n) is 5.41. The highest BCUT2D eigenvalue weighted by molar-refractivity contribution is 5.90. The Hall–Kier alpha value is -3.07. The van der Waals surface area contributed by atoms with E-state index in [-0.39, 0.29) is 17.6 Å². The maximum absolute atomic E-state index is 12.5. The van der Waals surface area contributed by atoms with Crippen molar-refractivity contribution in [2.24, 2.45) is 0 Å². The number of hydrogen-bond donors (Lipinski definition) is 3. The molecule has 0 spiro atoms. The summed E-state index contributed by atoms with van der Waals surface area (Å²) in [6.07, 6.45) is 7.90. The van der Waals surface area contributed by atoms with Gasteiger partial charge in [0.2, 0.25) is 0 Å². The molecule has 180 valence electrons. The van der Waals surface area contributed by atoms with Crippen molar-refractivity contribution >= 4 is 29.4 Å². The third kappa shape index (κ3) is 5.47. The summed E-state index contributed by atoms with van der Waals surface area (Å²) in [6.45, 7) is 3.40. The average Bonchev–Trinajstić information content (AvgIpc) is 3.19. The Morgan fingerprint density at radius 3 is 2.33 bits per heavy atom. The van der Waals surface area contributed by atoms with Gasteiger partial charge in [-0.05, 0) is 51.3 Å². The van der Waals surface area contributed by atoms with Crippen LogP contribution in [0, 0.1) is 0 Å². The van der Waals surface area contributed by atoms with Crippen molar-refractivity contribution in [1.82, 2.24) is 4.90 Å². The molecule has 9 heteroatoms. The molecule has 2 aliphatic heterocycles. The van der Waals surface area contributed by atoms with E-state index in [0.717, 1.165) is 44.3 Å². The maximum Gasteiger partial charge on any atom is 0.411 e. The molecule has 3 aliphatic rings. The summed E-state index contributed by atoms with van der Waals surface area (Å²) in [7, 11) is 4.34. The molecule has 4 rings (SSSR count). The monoisotopic (exact) mass is 459 g/mol. The lowest BCUT2D eigenvalue weighted by Gasteiger charge is -2.32. The number of carbonyl (C=O) groups excluding carboxylic acids is 1. The molecule has 0 unspecified atom stereocenters. The van der Waals surface area contributed by atoms with Crippen molar-refractivity contribution in [3.05, 3.63) is 35.9 Å². The molecular formula is C24H33N3O6. The Kier molecular flexibility index (Phi) is 7.63. The van der Waals surface area contributed by atoms with Crippen LogP contribution in [0.5, 0.6) is 0 Å². The molecule has 0 aromatic heterocycles. The first-order valence-corrected chi connectivity index (χ1v) is 11.3. The maximum atomic E-state index is 12.5. The number of carboxylic acid groups (broad SMARTS) is 2. The highest BCUT2D eigenvalue weighted by atomic mass is 16.6. The third-order valence-corrected chi connectivity index (χ3v) is 6.76. The Balaban J connectivity index is 0.000000331. The number of fused-ring (bicyclic) bond motifs is 3. The van der Waals surface area contributed by atoms with Crippen LogP contribution in [0.25, 0.3) is 0 Å². The van der Waals surface area contributed by atoms with Crippen molar-refractivity contribution in [3.8, 4) is 0 Å². The molecule has 1 aromatic rings. The van der Waals surface area contributed by atoms with Gasteiger partial charge < -0.3 is 19.8 Å². The van der Waals surface area contributed by atoms with Gasteiger partial charge >= 0.3 is 18.0 Å². The van der Waals surface area contributed by atoms with Crippen molar-refractivity contribution in [2.45, 2.75) is 63.1 Å². The number of ether oxygens (including phenoxy) is 1. The molecule has 3 N–H and O–H groups in total. The molecule has 2 heterocycles. The molecule has 2 atom stereocenters. The number of anilines is 2. The van der Waals surface area contributed by atoms with Gasteiger partial charge in [-0.15, -0.1) is 0 Å². The summed E-state index contributed by atoms with van der Waals surface area (Å²) < 4.78 is 5.67. The fraction of sp³-hybridized carbons (Fsp3) is 0.542. The van der Waals surface area contributed by atoms with Crippen molar-refractivity contribution < 1.29 is 29.3 Å². The quantitative estimate of drug-likeness (QED) is 0.584. The number of carboxylic acids is 2. The largest absolute Gasteiger partial charge is 0.478 e. The molecule has 2 fully saturated rings. The fourth-order valence-corrected chi connectivity index (χ4v) is 5.41. The second-order valence-corrected chi connectivity index (χ2v) is 9.13. The Morgan fingerprint density at radius 1 is 1.09 bits per heavy atom. The number of benzene rings is 1. The number of hydrogen-bond acceptors (Lipinski definition) is 6. The lowest BCUT2D eigenvalue weighted by atomic mass is 9.80. The van der Waals surface area contributed by atoms with Crippen LogP contribution in [0.2, 0.25) is 0 Å². The summed E-state index contributed by atoms with van der Waals surface area (Å²) in [5.74, 6) is -2.51. The van der Waals surface area contributed by atoms with Crippen molar-refractivity contribution in [3.63, 3.8) is 0 Å². The zero-order valence-corrected chi connectivity index (χ0v) is 19.4. The molecule has 1 aliphatic carbocycles. The first-order chi connectivity index (χ1) is 15.6. The van der Waals surface area contributed by atoms with Gasteiger partial charge in [0, 0.05) is 48.1 Å². The van der Waals surface area contributed by atoms with E-state index in [0.29, 0.717) is 18.3 Å². The zero-order chi connectivity index (χ0) is 24.2. The first-order valence-electron chi connectivity index (χ1n) is 11.3. The van der Waals surface area contributed by atoms with E-state index in [1.165, 1.54) is 17.7 Å². The van der Waals surface area contributed by atoms with Crippen LogP contribution in [0.1, 0.15) is 51.0 Å². The van der Waals surface area contributed by atoms with Crippen LogP contribution in [-0.2, 0) is 19.7 Å². The highest BCUT2D eigenvalue weighted by Crippen LogP contribution is 2.53. The summed E-state index contributed by atoms with van der Waals surface area (Å²) in [4.78, 5) is 36.3. The van der Waals surface area contributed by atoms with Gasteiger partial charge in [0.15, 0.2) is 0 Å². The van der Waals surface area contributed by atoms with Crippen LogP contribution in [0.15, 0.2) is 30.4 Å². The van der Waals surface area contributed by atoms with Gasteiger partial charge in [0.05, 0.1) is 6.17 Å². The Labute approximate surface area is 194 Å². The SMILES string of the molecule is CN1CC[C@]2(C)c3c(NC(=O)OC4CCCCC4)cccc3N(C)[C@H]12.O=C(O)/C=C/C(=O)O. The summed E-state index contributed by atoms with van der Waals surface area (Å²) in [5, 5.41) is 18.7. The highest BCUT2D eigenvalue weighted by Gasteiger charge is 2.53. The normalized spacial score (nSPS) is 24.6. The van der Waals surface area contributed by atoms with E-state index in [1.54, 1.807) is 0 Å². The number of nitrogens with zero attached hydrogens (tertiary/aromatic N) is 2. The molecule has 1 saturated carbocycles. The predicted molar refractivity (Wildman–Crippen MR) is 125 cm³/mol. The lowest BCUT2D eigenvalue weighted by Crippen LogP contribution is -2.45. The molecular weight excluding hydrogens is 426 g/mol. The number of amides is 1. The van der Waals surface area contributed by atoms with Gasteiger partial charge in [-0.1, -0.05) is 19.4 Å². The van der Waals surface area contributed by atoms with E-state index in [2.05, 4.69) is 42.2 Å². The average molecular weight is 460 g/mol. The third-order valence-electron chi connectivity index (χ3n) is 6.76. The Morgan fingerprint density at radius 2 is 1.73 bits per heavy atom. The van der Waals surface area contributed by atoms with Gasteiger partial charge in [-0.25, -0.2) is 14.4 Å². The van der Waals surface area contributed by atoms with Gasteiger partial charge in [0.1, 0.15) is 6.10 Å². The summed E-state index contributed by atoms with van der Waals surface area (Å²) in [6, 6.07) is 6.20. The second kappa shape index (κ2) is 10.2. The van der Waals surface area contributed by atoms with Crippen molar-refractivity contribution in [2.75, 3.05) is 30.9 Å². The number of nitrogens with one attached hydrogen (secondary N) is 1. The molecule has 0 bridgehead atoms. The minimum Gasteiger partial charge on any atom is -0.478 e. The first kappa shape index (κ1) is 24.6. The molecule has 1 amide bonds. The minimum absolute atomic E-state index is 0.0353. The molecule has 9 nitrogen and oxygen atoms in total. The van der Waals surface area contributed by atoms with Gasteiger partial charge in [-0.3, -0.25) is 10.2 Å². The van der Waals surface area contributed by atoms with E-state index < -0.39 is 11.9 Å². The number of likely N-dealkylation sites (N-methyl/N-ethyl adjacent to an activating group) is 2.